The Balaban J connectivity index is 1.62. The SMILES string of the molecule is O=C1CCc2cc(-c3nc(C4CCNCC4)[nH]c3-c3ccncc3)ccc21. The molecule has 0 bridgehead atoms. The molecule has 1 fully saturated rings. The lowest BCUT2D eigenvalue weighted by Gasteiger charge is -2.20. The summed E-state index contributed by atoms with van der Waals surface area (Å²) in [6.45, 7) is 2.07. The molecule has 5 heteroatoms. The van der Waals surface area contributed by atoms with Crippen LogP contribution in [0, 0.1) is 0 Å². The van der Waals surface area contributed by atoms with Crippen molar-refractivity contribution in [2.24, 2.45) is 0 Å². The van der Waals surface area contributed by atoms with Crippen LogP contribution >= 0.6 is 0 Å². The maximum absolute atomic E-state index is 12.0. The highest BCUT2D eigenvalue weighted by molar-refractivity contribution is 6.01. The topological polar surface area (TPSA) is 70.7 Å². The molecule has 0 spiro atoms. The Kier molecular flexibility index (Phi) is 4.09. The van der Waals surface area contributed by atoms with Crippen molar-refractivity contribution in [1.29, 1.82) is 0 Å². The molecule has 0 radical (unpaired) electrons. The molecule has 2 aliphatic rings. The smallest absolute Gasteiger partial charge is 0.163 e. The fourth-order valence-corrected chi connectivity index (χ4v) is 4.22. The maximum atomic E-state index is 12.0. The number of pyridine rings is 1. The summed E-state index contributed by atoms with van der Waals surface area (Å²) < 4.78 is 0. The van der Waals surface area contributed by atoms with Crippen molar-refractivity contribution in [3.05, 3.63) is 59.7 Å². The summed E-state index contributed by atoms with van der Waals surface area (Å²) in [6, 6.07) is 10.2. The summed E-state index contributed by atoms with van der Waals surface area (Å²) >= 11 is 0. The summed E-state index contributed by atoms with van der Waals surface area (Å²) in [4.78, 5) is 24.8. The highest BCUT2D eigenvalue weighted by atomic mass is 16.1. The number of aromatic amines is 1. The quantitative estimate of drug-likeness (QED) is 0.748. The zero-order valence-electron chi connectivity index (χ0n) is 15.2. The molecule has 1 saturated heterocycles. The van der Waals surface area contributed by atoms with E-state index in [1.165, 1.54) is 0 Å². The number of ketones is 1. The normalized spacial score (nSPS) is 17.3. The molecule has 1 aliphatic carbocycles. The minimum Gasteiger partial charge on any atom is -0.341 e. The molecule has 3 aromatic rings. The third-order valence-corrected chi connectivity index (χ3v) is 5.72. The molecule has 0 amide bonds. The number of aromatic nitrogens is 3. The average molecular weight is 358 g/mol. The second-order valence-corrected chi connectivity index (χ2v) is 7.40. The standard InChI is InChI=1S/C22H22N4O/c27-19-4-2-16-13-17(1-3-18(16)19)21-20(14-5-9-23-10-6-14)25-22(26-21)15-7-11-24-12-8-15/h1,3,5-6,9-10,13,15,24H,2,4,7-8,11-12H2,(H,25,26). The van der Waals surface area contributed by atoms with E-state index in [0.29, 0.717) is 12.3 Å². The van der Waals surface area contributed by atoms with E-state index in [1.54, 1.807) is 0 Å². The van der Waals surface area contributed by atoms with Crippen molar-refractivity contribution >= 4 is 5.78 Å². The molecule has 136 valence electrons. The number of carbonyl (C=O) groups excluding carboxylic acids is 1. The molecule has 27 heavy (non-hydrogen) atoms. The molecule has 5 rings (SSSR count). The second kappa shape index (κ2) is 6.74. The molecule has 3 heterocycles. The van der Waals surface area contributed by atoms with Crippen LogP contribution < -0.4 is 5.32 Å². The van der Waals surface area contributed by atoms with Crippen LogP contribution in [0.15, 0.2) is 42.7 Å². The molecule has 5 nitrogen and oxygen atoms in total. The summed E-state index contributed by atoms with van der Waals surface area (Å²) in [5.41, 5.74) is 6.19. The first kappa shape index (κ1) is 16.4. The minimum absolute atomic E-state index is 0.253. The maximum Gasteiger partial charge on any atom is 0.163 e. The van der Waals surface area contributed by atoms with Crippen LogP contribution in [0.25, 0.3) is 22.5 Å². The van der Waals surface area contributed by atoms with Crippen molar-refractivity contribution in [2.75, 3.05) is 13.1 Å². The Morgan fingerprint density at radius 1 is 0.963 bits per heavy atom. The van der Waals surface area contributed by atoms with Crippen molar-refractivity contribution in [3.63, 3.8) is 0 Å². The first-order valence-electron chi connectivity index (χ1n) is 9.67. The van der Waals surface area contributed by atoms with Gasteiger partial charge in [0, 0.05) is 41.4 Å². The van der Waals surface area contributed by atoms with Crippen LogP contribution in [0.2, 0.25) is 0 Å². The zero-order valence-corrected chi connectivity index (χ0v) is 15.2. The van der Waals surface area contributed by atoms with Gasteiger partial charge in [0.2, 0.25) is 0 Å². The number of imidazole rings is 1. The van der Waals surface area contributed by atoms with Gasteiger partial charge in [-0.15, -0.1) is 0 Å². The first-order chi connectivity index (χ1) is 13.3. The molecule has 0 saturated carbocycles. The second-order valence-electron chi connectivity index (χ2n) is 7.40. The number of fused-ring (bicyclic) bond motifs is 1. The molecule has 2 aromatic heterocycles. The van der Waals surface area contributed by atoms with Gasteiger partial charge in [0.15, 0.2) is 5.78 Å². The van der Waals surface area contributed by atoms with Gasteiger partial charge in [-0.2, -0.15) is 0 Å². The van der Waals surface area contributed by atoms with Gasteiger partial charge in [0.25, 0.3) is 0 Å². The molecular formula is C22H22N4O. The predicted molar refractivity (Wildman–Crippen MR) is 105 cm³/mol. The number of nitrogens with zero attached hydrogens (tertiary/aromatic N) is 2. The third kappa shape index (κ3) is 2.98. The van der Waals surface area contributed by atoms with E-state index < -0.39 is 0 Å². The number of rotatable bonds is 3. The van der Waals surface area contributed by atoms with E-state index in [9.17, 15) is 4.79 Å². The highest BCUT2D eigenvalue weighted by Crippen LogP contribution is 2.35. The summed E-state index contributed by atoms with van der Waals surface area (Å²) in [5.74, 6) is 1.77. The Bertz CT molecular complexity index is 987. The fraction of sp³-hybridized carbons (Fsp3) is 0.318. The van der Waals surface area contributed by atoms with Crippen molar-refractivity contribution in [2.45, 2.75) is 31.6 Å². The largest absolute Gasteiger partial charge is 0.341 e. The first-order valence-corrected chi connectivity index (χ1v) is 9.67. The number of carbonyl (C=O) groups is 1. The number of hydrogen-bond donors (Lipinski definition) is 2. The number of Topliss-reactive ketones (excluding diaryl/α,β-unsaturated/α-hetero) is 1. The van der Waals surface area contributed by atoms with Gasteiger partial charge >= 0.3 is 0 Å². The molecule has 0 unspecified atom stereocenters. The van der Waals surface area contributed by atoms with Crippen LogP contribution in [-0.2, 0) is 6.42 Å². The van der Waals surface area contributed by atoms with Crippen LogP contribution in [0.5, 0.6) is 0 Å². The number of piperidine rings is 1. The number of H-pyrrole nitrogens is 1. The van der Waals surface area contributed by atoms with E-state index in [-0.39, 0.29) is 5.78 Å². The lowest BCUT2D eigenvalue weighted by atomic mass is 9.97. The number of benzene rings is 1. The van der Waals surface area contributed by atoms with Crippen LogP contribution in [0.1, 0.15) is 46.9 Å². The van der Waals surface area contributed by atoms with Gasteiger partial charge in [-0.1, -0.05) is 12.1 Å². The highest BCUT2D eigenvalue weighted by Gasteiger charge is 2.24. The minimum atomic E-state index is 0.253. The van der Waals surface area contributed by atoms with Gasteiger partial charge in [-0.05, 0) is 56.1 Å². The summed E-state index contributed by atoms with van der Waals surface area (Å²) in [6.07, 6.45) is 7.27. The number of aryl methyl sites for hydroxylation is 1. The summed E-state index contributed by atoms with van der Waals surface area (Å²) in [5, 5.41) is 3.42. The molecule has 2 N–H and O–H groups in total. The Morgan fingerprint density at radius 3 is 2.59 bits per heavy atom. The molecule has 1 aliphatic heterocycles. The third-order valence-electron chi connectivity index (χ3n) is 5.72. The van der Waals surface area contributed by atoms with Crippen LogP contribution in [0.4, 0.5) is 0 Å². The van der Waals surface area contributed by atoms with Gasteiger partial charge in [-0.25, -0.2) is 4.98 Å². The van der Waals surface area contributed by atoms with Gasteiger partial charge in [0.1, 0.15) is 5.82 Å². The van der Waals surface area contributed by atoms with Crippen LogP contribution in [-0.4, -0.2) is 33.8 Å². The molecular weight excluding hydrogens is 336 g/mol. The van der Waals surface area contributed by atoms with Gasteiger partial charge < -0.3 is 10.3 Å². The Labute approximate surface area is 158 Å². The molecule has 0 atom stereocenters. The lowest BCUT2D eigenvalue weighted by Crippen LogP contribution is -2.27. The van der Waals surface area contributed by atoms with E-state index >= 15 is 0 Å². The Morgan fingerprint density at radius 2 is 1.78 bits per heavy atom. The van der Waals surface area contributed by atoms with Crippen molar-refractivity contribution in [3.8, 4) is 22.5 Å². The summed E-state index contributed by atoms with van der Waals surface area (Å²) in [7, 11) is 0. The predicted octanol–water partition coefficient (Wildman–Crippen LogP) is 3.73. The zero-order chi connectivity index (χ0) is 18.2. The number of nitrogens with one attached hydrogen (secondary N) is 2. The van der Waals surface area contributed by atoms with E-state index in [4.69, 9.17) is 4.98 Å². The number of hydrogen-bond acceptors (Lipinski definition) is 4. The fourth-order valence-electron chi connectivity index (χ4n) is 4.22. The molecule has 1 aromatic carbocycles. The monoisotopic (exact) mass is 358 g/mol. The van der Waals surface area contributed by atoms with Crippen molar-refractivity contribution in [1.82, 2.24) is 20.3 Å². The Hall–Kier alpha value is -2.79. The average Bonchev–Trinajstić information content (AvgIpc) is 3.33. The van der Waals surface area contributed by atoms with E-state index in [1.807, 2.05) is 36.7 Å². The van der Waals surface area contributed by atoms with Crippen molar-refractivity contribution < 1.29 is 4.79 Å². The van der Waals surface area contributed by atoms with Gasteiger partial charge in [-0.3, -0.25) is 9.78 Å². The van der Waals surface area contributed by atoms with Crippen LogP contribution in [0.3, 0.4) is 0 Å². The van der Waals surface area contributed by atoms with E-state index in [0.717, 1.165) is 71.8 Å². The lowest BCUT2D eigenvalue weighted by molar-refractivity contribution is 0.0994. The van der Waals surface area contributed by atoms with Gasteiger partial charge in [0.05, 0.1) is 11.4 Å². The van der Waals surface area contributed by atoms with E-state index in [2.05, 4.69) is 21.4 Å².